The Balaban J connectivity index is 1.87. The van der Waals surface area contributed by atoms with Gasteiger partial charge in [0.25, 0.3) is 5.91 Å². The van der Waals surface area contributed by atoms with Crippen LogP contribution in [0, 0.1) is 12.8 Å². The molecule has 2 aromatic rings. The van der Waals surface area contributed by atoms with Gasteiger partial charge in [-0.3, -0.25) is 4.79 Å². The largest absolute Gasteiger partial charge is 0.418 e. The number of piperidine rings is 1. The van der Waals surface area contributed by atoms with E-state index >= 15 is 0 Å². The number of halogens is 3. The van der Waals surface area contributed by atoms with Gasteiger partial charge < -0.3 is 10.6 Å². The first-order valence-corrected chi connectivity index (χ1v) is 11.8. The van der Waals surface area contributed by atoms with Crippen molar-refractivity contribution in [3.63, 3.8) is 0 Å². The Hall–Kier alpha value is -2.43. The number of anilines is 1. The second-order valence-electron chi connectivity index (χ2n) is 7.97. The maximum Gasteiger partial charge on any atom is 0.418 e. The molecule has 1 aliphatic rings. The minimum atomic E-state index is -4.86. The van der Waals surface area contributed by atoms with E-state index in [4.69, 9.17) is 0 Å². The highest BCUT2D eigenvalue weighted by atomic mass is 32.2. The number of hydrogen-bond donors (Lipinski definition) is 3. The first-order valence-electron chi connectivity index (χ1n) is 10.3. The van der Waals surface area contributed by atoms with Crippen LogP contribution in [-0.2, 0) is 16.2 Å². The van der Waals surface area contributed by atoms with Gasteiger partial charge in [0.05, 0.1) is 16.1 Å². The summed E-state index contributed by atoms with van der Waals surface area (Å²) in [6.07, 6.45) is -3.30. The van der Waals surface area contributed by atoms with Crippen LogP contribution in [0.2, 0.25) is 0 Å². The molecule has 0 radical (unpaired) electrons. The number of alkyl halides is 3. The molecular weight excluding hydrogens is 443 g/mol. The number of amides is 1. The molecule has 1 fully saturated rings. The lowest BCUT2D eigenvalue weighted by molar-refractivity contribution is -0.137. The summed E-state index contributed by atoms with van der Waals surface area (Å²) in [5.74, 6) is -0.609. The molecule has 6 nitrogen and oxygen atoms in total. The summed E-state index contributed by atoms with van der Waals surface area (Å²) in [6, 6.07) is 8.68. The third kappa shape index (κ3) is 5.67. The fourth-order valence-corrected chi connectivity index (χ4v) is 5.14. The van der Waals surface area contributed by atoms with Gasteiger partial charge in [-0.2, -0.15) is 13.2 Å². The van der Waals surface area contributed by atoms with E-state index in [0.29, 0.717) is 11.6 Å². The Labute approximate surface area is 185 Å². The molecule has 1 saturated heterocycles. The molecular formula is C22H26F3N3O3S. The first-order chi connectivity index (χ1) is 15.0. The van der Waals surface area contributed by atoms with Crippen LogP contribution in [0.25, 0.3) is 0 Å². The van der Waals surface area contributed by atoms with Gasteiger partial charge in [0.2, 0.25) is 10.0 Å². The quantitative estimate of drug-likeness (QED) is 0.598. The molecule has 0 aliphatic carbocycles. The van der Waals surface area contributed by atoms with E-state index < -0.39 is 44.3 Å². The lowest BCUT2D eigenvalue weighted by atomic mass is 9.92. The van der Waals surface area contributed by atoms with Crippen LogP contribution in [0.5, 0.6) is 0 Å². The molecule has 0 bridgehead atoms. The van der Waals surface area contributed by atoms with Crippen molar-refractivity contribution >= 4 is 21.6 Å². The van der Waals surface area contributed by atoms with Crippen LogP contribution in [0.1, 0.15) is 41.3 Å². The number of benzene rings is 2. The Kier molecular flexibility index (Phi) is 7.26. The van der Waals surface area contributed by atoms with E-state index in [1.165, 1.54) is 6.07 Å². The van der Waals surface area contributed by atoms with Gasteiger partial charge in [-0.1, -0.05) is 18.2 Å². The molecule has 1 heterocycles. The van der Waals surface area contributed by atoms with Gasteiger partial charge in [-0.15, -0.1) is 0 Å². The standard InChI is InChI=1S/C22H26F3N3O3S/c1-14-5-3-4-6-18(14)21(29)27-20-8-7-17(13-19(20)22(23,24)25)32(30,31)28-15(2)16-9-11-26-12-10-16/h3-8,13,15-16,26,28H,9-12H2,1-2H3,(H,27,29). The Morgan fingerprint density at radius 3 is 2.41 bits per heavy atom. The molecule has 1 atom stereocenters. The van der Waals surface area contributed by atoms with Crippen LogP contribution in [0.4, 0.5) is 18.9 Å². The minimum absolute atomic E-state index is 0.0979. The highest BCUT2D eigenvalue weighted by molar-refractivity contribution is 7.89. The first kappa shape index (κ1) is 24.2. The Morgan fingerprint density at radius 1 is 1.12 bits per heavy atom. The molecule has 1 aliphatic heterocycles. The fraction of sp³-hybridized carbons (Fsp3) is 0.409. The van der Waals surface area contributed by atoms with Gasteiger partial charge in [-0.05, 0) is 75.5 Å². The van der Waals surface area contributed by atoms with Gasteiger partial charge >= 0.3 is 6.18 Å². The number of nitrogens with one attached hydrogen (secondary N) is 3. The van der Waals surface area contributed by atoms with Crippen molar-refractivity contribution in [2.24, 2.45) is 5.92 Å². The topological polar surface area (TPSA) is 87.3 Å². The molecule has 10 heteroatoms. The van der Waals surface area contributed by atoms with E-state index in [2.05, 4.69) is 15.4 Å². The van der Waals surface area contributed by atoms with Gasteiger partial charge in [0.15, 0.2) is 0 Å². The highest BCUT2D eigenvalue weighted by Gasteiger charge is 2.36. The third-order valence-corrected chi connectivity index (χ3v) is 7.23. The zero-order valence-corrected chi connectivity index (χ0v) is 18.6. The van der Waals surface area contributed by atoms with Gasteiger partial charge in [-0.25, -0.2) is 13.1 Å². The summed E-state index contributed by atoms with van der Waals surface area (Å²) in [7, 11) is -4.18. The fourth-order valence-electron chi connectivity index (χ4n) is 3.80. The predicted molar refractivity (Wildman–Crippen MR) is 116 cm³/mol. The molecule has 32 heavy (non-hydrogen) atoms. The van der Waals surface area contributed by atoms with Crippen molar-refractivity contribution in [3.8, 4) is 0 Å². The van der Waals surface area contributed by atoms with Crippen molar-refractivity contribution in [3.05, 3.63) is 59.2 Å². The summed E-state index contributed by atoms with van der Waals surface area (Å²) in [6.45, 7) is 4.92. The summed E-state index contributed by atoms with van der Waals surface area (Å²) in [5, 5.41) is 5.45. The van der Waals surface area contributed by atoms with Crippen LogP contribution in [0.3, 0.4) is 0 Å². The van der Waals surface area contributed by atoms with E-state index in [1.807, 2.05) is 0 Å². The minimum Gasteiger partial charge on any atom is -0.321 e. The normalized spacial score (nSPS) is 16.5. The number of carbonyl (C=O) groups is 1. The SMILES string of the molecule is Cc1ccccc1C(=O)Nc1ccc(S(=O)(=O)NC(C)C2CCNCC2)cc1C(F)(F)F. The van der Waals surface area contributed by atoms with Crippen LogP contribution < -0.4 is 15.4 Å². The maximum absolute atomic E-state index is 13.7. The molecule has 1 amide bonds. The molecule has 0 aromatic heterocycles. The number of aryl methyl sites for hydroxylation is 1. The summed E-state index contributed by atoms with van der Waals surface area (Å²) >= 11 is 0. The van der Waals surface area contributed by atoms with Crippen LogP contribution in [0.15, 0.2) is 47.4 Å². The van der Waals surface area contributed by atoms with Crippen molar-refractivity contribution < 1.29 is 26.4 Å². The highest BCUT2D eigenvalue weighted by Crippen LogP contribution is 2.36. The lowest BCUT2D eigenvalue weighted by Crippen LogP contribution is -2.42. The molecule has 0 spiro atoms. The monoisotopic (exact) mass is 469 g/mol. The van der Waals surface area contributed by atoms with Crippen LogP contribution >= 0.6 is 0 Å². The van der Waals surface area contributed by atoms with Gasteiger partial charge in [0, 0.05) is 11.6 Å². The van der Waals surface area contributed by atoms with Crippen LogP contribution in [-0.4, -0.2) is 33.5 Å². The molecule has 0 saturated carbocycles. The van der Waals surface area contributed by atoms with E-state index in [0.717, 1.165) is 38.1 Å². The van der Waals surface area contributed by atoms with Crippen molar-refractivity contribution in [2.45, 2.75) is 43.8 Å². The zero-order valence-electron chi connectivity index (χ0n) is 17.8. The maximum atomic E-state index is 13.7. The summed E-state index contributed by atoms with van der Waals surface area (Å²) in [4.78, 5) is 12.0. The summed E-state index contributed by atoms with van der Waals surface area (Å²) < 4.78 is 69.3. The molecule has 3 N–H and O–H groups in total. The molecule has 174 valence electrons. The molecule has 1 unspecified atom stereocenters. The zero-order chi connectivity index (χ0) is 23.5. The molecule has 2 aromatic carbocycles. The predicted octanol–water partition coefficient (Wildman–Crippen LogP) is 3.93. The van der Waals surface area contributed by atoms with Crippen molar-refractivity contribution in [2.75, 3.05) is 18.4 Å². The second kappa shape index (κ2) is 9.60. The smallest absolute Gasteiger partial charge is 0.321 e. The second-order valence-corrected chi connectivity index (χ2v) is 9.69. The average Bonchev–Trinajstić information content (AvgIpc) is 2.73. The molecule has 3 rings (SSSR count). The van der Waals surface area contributed by atoms with E-state index in [9.17, 15) is 26.4 Å². The number of carbonyl (C=O) groups excluding carboxylic acids is 1. The Morgan fingerprint density at radius 2 is 1.78 bits per heavy atom. The average molecular weight is 470 g/mol. The number of hydrogen-bond acceptors (Lipinski definition) is 4. The number of rotatable bonds is 6. The van der Waals surface area contributed by atoms with E-state index in [-0.39, 0.29) is 11.5 Å². The van der Waals surface area contributed by atoms with Crippen molar-refractivity contribution in [1.82, 2.24) is 10.0 Å². The summed E-state index contributed by atoms with van der Waals surface area (Å²) in [5.41, 5.74) is -0.892. The lowest BCUT2D eigenvalue weighted by Gasteiger charge is -2.28. The third-order valence-electron chi connectivity index (χ3n) is 5.68. The van der Waals surface area contributed by atoms with Crippen molar-refractivity contribution in [1.29, 1.82) is 0 Å². The Bertz CT molecular complexity index is 1080. The van der Waals surface area contributed by atoms with Gasteiger partial charge in [0.1, 0.15) is 0 Å². The number of sulfonamides is 1. The van der Waals surface area contributed by atoms with E-state index in [1.54, 1.807) is 32.0 Å².